The summed E-state index contributed by atoms with van der Waals surface area (Å²) in [5, 5.41) is 11.9. The zero-order valence-electron chi connectivity index (χ0n) is 11.9. The summed E-state index contributed by atoms with van der Waals surface area (Å²) in [5.74, 6) is -0.711. The molecular weight excluding hydrogens is 290 g/mol. The van der Waals surface area contributed by atoms with E-state index in [1.807, 2.05) is 6.07 Å². The van der Waals surface area contributed by atoms with Crippen LogP contribution in [0.25, 0.3) is 0 Å². The second-order valence-electron chi connectivity index (χ2n) is 4.92. The number of hydrogen-bond donors (Lipinski definition) is 2. The lowest BCUT2D eigenvalue weighted by molar-refractivity contribution is -0.150. The minimum Gasteiger partial charge on any atom is -0.467 e. The molecule has 1 aliphatic carbocycles. The van der Waals surface area contributed by atoms with Crippen molar-refractivity contribution in [2.24, 2.45) is 0 Å². The first-order valence-electron chi connectivity index (χ1n) is 6.87. The predicted octanol–water partition coefficient (Wildman–Crippen LogP) is 0.917. The molecule has 0 spiro atoms. The van der Waals surface area contributed by atoms with Crippen LogP contribution in [0.2, 0.25) is 0 Å². The van der Waals surface area contributed by atoms with Gasteiger partial charge in [0.1, 0.15) is 0 Å². The minimum atomic E-state index is -1.32. The number of methoxy groups -OCH3 is 1. The van der Waals surface area contributed by atoms with Crippen LogP contribution in [0.3, 0.4) is 0 Å². The van der Waals surface area contributed by atoms with Crippen LogP contribution in [-0.2, 0) is 27.2 Å². The summed E-state index contributed by atoms with van der Waals surface area (Å²) in [6, 6.07) is 6.30. The first-order chi connectivity index (χ1) is 10.1. The molecule has 0 radical (unpaired) electrons. The van der Waals surface area contributed by atoms with E-state index in [-0.39, 0.29) is 18.2 Å². The molecule has 0 saturated carbocycles. The molecule has 21 heavy (non-hydrogen) atoms. The van der Waals surface area contributed by atoms with Crippen LogP contribution in [0.15, 0.2) is 23.1 Å². The molecule has 5 nitrogen and oxygen atoms in total. The molecule has 2 N–H and O–H groups in total. The van der Waals surface area contributed by atoms with Gasteiger partial charge in [-0.05, 0) is 42.5 Å². The van der Waals surface area contributed by atoms with Gasteiger partial charge in [-0.2, -0.15) is 0 Å². The summed E-state index contributed by atoms with van der Waals surface area (Å²) < 4.78 is 4.37. The largest absolute Gasteiger partial charge is 0.467 e. The molecule has 0 saturated heterocycles. The minimum absolute atomic E-state index is 0.129. The Hall–Kier alpha value is -1.53. The summed E-state index contributed by atoms with van der Waals surface area (Å²) in [7, 11) is 1.19. The van der Waals surface area contributed by atoms with Crippen molar-refractivity contribution in [2.45, 2.75) is 30.3 Å². The fourth-order valence-electron chi connectivity index (χ4n) is 2.27. The normalized spacial score (nSPS) is 14.4. The quantitative estimate of drug-likeness (QED) is 0.604. The molecule has 6 heteroatoms. The lowest BCUT2D eigenvalue weighted by Gasteiger charge is -2.10. The van der Waals surface area contributed by atoms with Gasteiger partial charge in [-0.3, -0.25) is 4.79 Å². The Morgan fingerprint density at radius 3 is 2.90 bits per heavy atom. The summed E-state index contributed by atoms with van der Waals surface area (Å²) >= 11 is 1.45. The van der Waals surface area contributed by atoms with E-state index in [0.717, 1.165) is 17.7 Å². The van der Waals surface area contributed by atoms with Crippen LogP contribution < -0.4 is 5.32 Å². The van der Waals surface area contributed by atoms with Crippen molar-refractivity contribution in [3.05, 3.63) is 29.3 Å². The van der Waals surface area contributed by atoms with Crippen molar-refractivity contribution in [2.75, 3.05) is 19.4 Å². The Balaban J connectivity index is 1.75. The van der Waals surface area contributed by atoms with Gasteiger partial charge in [-0.1, -0.05) is 6.07 Å². The van der Waals surface area contributed by atoms with E-state index in [0.29, 0.717) is 0 Å². The number of benzene rings is 1. The average molecular weight is 309 g/mol. The number of esters is 1. The first-order valence-corrected chi connectivity index (χ1v) is 7.86. The molecule has 1 aromatic rings. The van der Waals surface area contributed by atoms with Gasteiger partial charge < -0.3 is 15.2 Å². The van der Waals surface area contributed by atoms with E-state index in [2.05, 4.69) is 22.2 Å². The van der Waals surface area contributed by atoms with Crippen molar-refractivity contribution in [3.63, 3.8) is 0 Å². The second kappa shape index (κ2) is 7.47. The van der Waals surface area contributed by atoms with Crippen molar-refractivity contribution < 1.29 is 19.4 Å². The maximum Gasteiger partial charge on any atom is 0.336 e. The van der Waals surface area contributed by atoms with Crippen LogP contribution in [0, 0.1) is 0 Å². The molecule has 0 heterocycles. The van der Waals surface area contributed by atoms with Crippen LogP contribution >= 0.6 is 11.8 Å². The Bertz CT molecular complexity index is 532. The number of aliphatic hydroxyl groups is 1. The van der Waals surface area contributed by atoms with Crippen LogP contribution in [-0.4, -0.2) is 42.5 Å². The molecule has 1 aliphatic rings. The standard InChI is InChI=1S/C15H19NO4S/c1-20-15(19)13(17)8-16-14(18)9-21-12-6-5-10-3-2-4-11(10)7-12/h5-7,13,17H,2-4,8-9H2,1H3,(H,16,18). The van der Waals surface area contributed by atoms with E-state index in [1.165, 1.54) is 36.4 Å². The van der Waals surface area contributed by atoms with Crippen molar-refractivity contribution in [1.82, 2.24) is 5.32 Å². The highest BCUT2D eigenvalue weighted by Gasteiger charge is 2.16. The maximum absolute atomic E-state index is 11.7. The monoisotopic (exact) mass is 309 g/mol. The summed E-state index contributed by atoms with van der Waals surface area (Å²) in [6.07, 6.45) is 2.15. The van der Waals surface area contributed by atoms with Gasteiger partial charge in [0.25, 0.3) is 0 Å². The van der Waals surface area contributed by atoms with Gasteiger partial charge in [0, 0.05) is 4.90 Å². The van der Waals surface area contributed by atoms with Crippen molar-refractivity contribution in [3.8, 4) is 0 Å². The number of amides is 1. The van der Waals surface area contributed by atoms with Crippen molar-refractivity contribution >= 4 is 23.6 Å². The maximum atomic E-state index is 11.7. The highest BCUT2D eigenvalue weighted by molar-refractivity contribution is 8.00. The Labute approximate surface area is 128 Å². The highest BCUT2D eigenvalue weighted by atomic mass is 32.2. The first kappa shape index (κ1) is 15.9. The molecule has 1 amide bonds. The topological polar surface area (TPSA) is 75.6 Å². The van der Waals surface area contributed by atoms with Crippen LogP contribution in [0.1, 0.15) is 17.5 Å². The van der Waals surface area contributed by atoms with Gasteiger partial charge in [-0.25, -0.2) is 4.79 Å². The fraction of sp³-hybridized carbons (Fsp3) is 0.467. The van der Waals surface area contributed by atoms with Crippen molar-refractivity contribution in [1.29, 1.82) is 0 Å². The summed E-state index contributed by atoms with van der Waals surface area (Å²) in [5.41, 5.74) is 2.78. The average Bonchev–Trinajstić information content (AvgIpc) is 2.97. The van der Waals surface area contributed by atoms with Gasteiger partial charge in [0.05, 0.1) is 19.4 Å². The summed E-state index contributed by atoms with van der Waals surface area (Å²) in [6.45, 7) is -0.129. The molecule has 0 fully saturated rings. The second-order valence-corrected chi connectivity index (χ2v) is 5.96. The van der Waals surface area contributed by atoms with E-state index in [1.54, 1.807) is 0 Å². The van der Waals surface area contributed by atoms with E-state index < -0.39 is 12.1 Å². The Morgan fingerprint density at radius 1 is 1.38 bits per heavy atom. The molecule has 1 atom stereocenters. The third-order valence-corrected chi connectivity index (χ3v) is 4.40. The molecule has 0 bridgehead atoms. The Morgan fingerprint density at radius 2 is 2.14 bits per heavy atom. The smallest absolute Gasteiger partial charge is 0.336 e. The zero-order chi connectivity index (χ0) is 15.2. The predicted molar refractivity (Wildman–Crippen MR) is 80.2 cm³/mol. The summed E-state index contributed by atoms with van der Waals surface area (Å²) in [4.78, 5) is 23.7. The van der Waals surface area contributed by atoms with Gasteiger partial charge in [0.15, 0.2) is 6.10 Å². The van der Waals surface area contributed by atoms with Gasteiger partial charge in [0.2, 0.25) is 5.91 Å². The molecule has 2 rings (SSSR count). The molecule has 114 valence electrons. The number of nitrogens with one attached hydrogen (secondary N) is 1. The van der Waals surface area contributed by atoms with Crippen LogP contribution in [0.5, 0.6) is 0 Å². The fourth-order valence-corrected chi connectivity index (χ4v) is 3.06. The number of carbonyl (C=O) groups is 2. The molecule has 0 aliphatic heterocycles. The number of fused-ring (bicyclic) bond motifs is 1. The van der Waals surface area contributed by atoms with E-state index in [9.17, 15) is 14.7 Å². The third-order valence-electron chi connectivity index (χ3n) is 3.41. The molecule has 1 aromatic carbocycles. The van der Waals surface area contributed by atoms with Gasteiger partial charge in [-0.15, -0.1) is 11.8 Å². The van der Waals surface area contributed by atoms with E-state index >= 15 is 0 Å². The SMILES string of the molecule is COC(=O)C(O)CNC(=O)CSc1ccc2c(c1)CCC2. The highest BCUT2D eigenvalue weighted by Crippen LogP contribution is 2.27. The zero-order valence-corrected chi connectivity index (χ0v) is 12.7. The lowest BCUT2D eigenvalue weighted by Crippen LogP contribution is -2.37. The number of aryl methyl sites for hydroxylation is 2. The third kappa shape index (κ3) is 4.47. The number of rotatable bonds is 6. The number of ether oxygens (including phenoxy) is 1. The van der Waals surface area contributed by atoms with Gasteiger partial charge >= 0.3 is 5.97 Å². The number of hydrogen-bond acceptors (Lipinski definition) is 5. The number of carbonyl (C=O) groups excluding carboxylic acids is 2. The number of aliphatic hydroxyl groups excluding tert-OH is 1. The van der Waals surface area contributed by atoms with Crippen LogP contribution in [0.4, 0.5) is 0 Å². The Kier molecular flexibility index (Phi) is 5.64. The molecule has 1 unspecified atom stereocenters. The molecule has 0 aromatic heterocycles. The molecular formula is C15H19NO4S. The lowest BCUT2D eigenvalue weighted by atomic mass is 10.1. The van der Waals surface area contributed by atoms with E-state index in [4.69, 9.17) is 0 Å². The number of thioether (sulfide) groups is 1.